The van der Waals surface area contributed by atoms with Crippen molar-refractivity contribution in [2.45, 2.75) is 110 Å². The fraction of sp³-hybridized carbons (Fsp3) is 0.895. The molecule has 0 saturated carbocycles. The topological polar surface area (TPSA) is 34.1 Å². The van der Waals surface area contributed by atoms with Crippen molar-refractivity contribution >= 4 is 12.6 Å². The highest BCUT2D eigenvalue weighted by atomic mass is 16.1. The Balaban J connectivity index is 0. The number of carbonyl (C=O) groups excluding carboxylic acids is 2. The fourth-order valence-corrected chi connectivity index (χ4v) is 2.19. The van der Waals surface area contributed by atoms with Crippen LogP contribution in [0.5, 0.6) is 0 Å². The number of hydrogen-bond donors (Lipinski definition) is 0. The van der Waals surface area contributed by atoms with Crippen LogP contribution in [0.1, 0.15) is 110 Å². The lowest BCUT2D eigenvalue weighted by Gasteiger charge is -1.99. The van der Waals surface area contributed by atoms with Crippen molar-refractivity contribution in [2.24, 2.45) is 0 Å². The van der Waals surface area contributed by atoms with Crippen LogP contribution >= 0.6 is 0 Å². The fourth-order valence-electron chi connectivity index (χ4n) is 2.19. The van der Waals surface area contributed by atoms with Crippen LogP contribution in [-0.2, 0) is 9.59 Å². The van der Waals surface area contributed by atoms with Gasteiger partial charge in [0.05, 0.1) is 0 Å². The summed E-state index contributed by atoms with van der Waals surface area (Å²) < 4.78 is 0. The monoisotopic (exact) mass is 298 g/mol. The maximum absolute atomic E-state index is 10.0. The van der Waals surface area contributed by atoms with E-state index < -0.39 is 0 Å². The molecule has 2 nitrogen and oxygen atoms in total. The van der Waals surface area contributed by atoms with Gasteiger partial charge in [-0.05, 0) is 12.8 Å². The van der Waals surface area contributed by atoms with E-state index in [1.165, 1.54) is 70.6 Å². The Labute approximate surface area is 133 Å². The summed E-state index contributed by atoms with van der Waals surface area (Å²) in [5.74, 6) is 0. The van der Waals surface area contributed by atoms with Crippen LogP contribution in [0.15, 0.2) is 0 Å². The summed E-state index contributed by atoms with van der Waals surface area (Å²) in [5.41, 5.74) is 0. The second-order valence-electron chi connectivity index (χ2n) is 5.80. The van der Waals surface area contributed by atoms with Gasteiger partial charge in [-0.3, -0.25) is 0 Å². The van der Waals surface area contributed by atoms with E-state index in [0.29, 0.717) is 0 Å². The summed E-state index contributed by atoms with van der Waals surface area (Å²) in [7, 11) is 0. The maximum Gasteiger partial charge on any atom is 0.119 e. The molecule has 0 aromatic rings. The van der Waals surface area contributed by atoms with E-state index in [0.717, 1.165) is 38.3 Å². The summed E-state index contributed by atoms with van der Waals surface area (Å²) >= 11 is 0. The van der Waals surface area contributed by atoms with Crippen LogP contribution in [0, 0.1) is 0 Å². The van der Waals surface area contributed by atoms with E-state index in [4.69, 9.17) is 0 Å². The zero-order valence-electron chi connectivity index (χ0n) is 14.6. The van der Waals surface area contributed by atoms with Crippen LogP contribution < -0.4 is 0 Å². The average Bonchev–Trinajstić information content (AvgIpc) is 2.51. The first kappa shape index (κ1) is 22.6. The lowest BCUT2D eigenvalue weighted by atomic mass is 10.1. The quantitative estimate of drug-likeness (QED) is 0.264. The molecule has 0 radical (unpaired) electrons. The Kier molecular flexibility index (Phi) is 26.2. The molecule has 0 heterocycles. The standard InChI is InChI=1S/C12H24O.C7H14O/c1-2-3-4-5-6-7-8-9-10-11-12-13;1-2-3-4-5-6-7-8/h12H,2-11H2,1H3;7H,2-6H2,1H3. The summed E-state index contributed by atoms with van der Waals surface area (Å²) in [6.07, 6.45) is 20.3. The first-order valence-corrected chi connectivity index (χ1v) is 9.20. The normalized spacial score (nSPS) is 9.81. The molecule has 0 unspecified atom stereocenters. The Hall–Kier alpha value is -0.660. The maximum atomic E-state index is 10.0. The zero-order chi connectivity index (χ0) is 16.0. The van der Waals surface area contributed by atoms with Crippen LogP contribution in [0.2, 0.25) is 0 Å². The van der Waals surface area contributed by atoms with Gasteiger partial charge in [0.25, 0.3) is 0 Å². The van der Waals surface area contributed by atoms with Crippen LogP contribution in [0.25, 0.3) is 0 Å². The van der Waals surface area contributed by atoms with Gasteiger partial charge in [-0.25, -0.2) is 0 Å². The highest BCUT2D eigenvalue weighted by Crippen LogP contribution is 2.09. The number of carbonyl (C=O) groups is 2. The van der Waals surface area contributed by atoms with Crippen molar-refractivity contribution < 1.29 is 9.59 Å². The van der Waals surface area contributed by atoms with Crippen LogP contribution in [0.4, 0.5) is 0 Å². The highest BCUT2D eigenvalue weighted by Gasteiger charge is 1.91. The predicted molar refractivity (Wildman–Crippen MR) is 92.7 cm³/mol. The molecule has 0 aliphatic rings. The molecule has 0 aliphatic heterocycles. The second-order valence-corrected chi connectivity index (χ2v) is 5.80. The third-order valence-corrected chi connectivity index (χ3v) is 3.60. The summed E-state index contributed by atoms with van der Waals surface area (Å²) in [4.78, 5) is 19.8. The molecule has 0 rings (SSSR count). The molecule has 0 aromatic heterocycles. The van der Waals surface area contributed by atoms with Crippen LogP contribution in [0.3, 0.4) is 0 Å². The molecule has 0 aromatic carbocycles. The van der Waals surface area contributed by atoms with Gasteiger partial charge < -0.3 is 9.59 Å². The van der Waals surface area contributed by atoms with Gasteiger partial charge in [-0.2, -0.15) is 0 Å². The van der Waals surface area contributed by atoms with E-state index in [-0.39, 0.29) is 0 Å². The van der Waals surface area contributed by atoms with E-state index in [2.05, 4.69) is 13.8 Å². The van der Waals surface area contributed by atoms with E-state index >= 15 is 0 Å². The van der Waals surface area contributed by atoms with Gasteiger partial charge in [0.2, 0.25) is 0 Å². The minimum absolute atomic E-state index is 0.750. The lowest BCUT2D eigenvalue weighted by molar-refractivity contribution is -0.108. The van der Waals surface area contributed by atoms with Crippen molar-refractivity contribution in [3.8, 4) is 0 Å². The van der Waals surface area contributed by atoms with Crippen molar-refractivity contribution in [1.29, 1.82) is 0 Å². The van der Waals surface area contributed by atoms with Gasteiger partial charge >= 0.3 is 0 Å². The molecule has 0 spiro atoms. The zero-order valence-corrected chi connectivity index (χ0v) is 14.6. The number of rotatable bonds is 15. The molecular formula is C19H38O2. The minimum Gasteiger partial charge on any atom is -0.303 e. The van der Waals surface area contributed by atoms with Crippen LogP contribution in [-0.4, -0.2) is 12.6 Å². The average molecular weight is 299 g/mol. The Morgan fingerprint density at radius 2 is 0.762 bits per heavy atom. The summed E-state index contributed by atoms with van der Waals surface area (Å²) in [6.45, 7) is 4.42. The largest absolute Gasteiger partial charge is 0.303 e. The van der Waals surface area contributed by atoms with E-state index in [1.807, 2.05) is 0 Å². The smallest absolute Gasteiger partial charge is 0.119 e. The molecule has 0 aliphatic carbocycles. The first-order chi connectivity index (χ1) is 10.3. The minimum atomic E-state index is 0.750. The lowest BCUT2D eigenvalue weighted by Crippen LogP contribution is -1.81. The summed E-state index contributed by atoms with van der Waals surface area (Å²) in [5, 5.41) is 0. The number of unbranched alkanes of at least 4 members (excludes halogenated alkanes) is 13. The molecule has 0 amide bonds. The van der Waals surface area contributed by atoms with Crippen molar-refractivity contribution in [2.75, 3.05) is 0 Å². The third kappa shape index (κ3) is 28.3. The molecule has 0 N–H and O–H groups in total. The van der Waals surface area contributed by atoms with E-state index in [1.54, 1.807) is 0 Å². The number of aldehydes is 2. The predicted octanol–water partition coefficient (Wildman–Crippen LogP) is 6.26. The Bertz CT molecular complexity index is 190. The molecular weight excluding hydrogens is 260 g/mol. The molecule has 0 atom stereocenters. The third-order valence-electron chi connectivity index (χ3n) is 3.60. The molecule has 0 bridgehead atoms. The molecule has 126 valence electrons. The highest BCUT2D eigenvalue weighted by molar-refractivity contribution is 5.49. The molecule has 21 heavy (non-hydrogen) atoms. The van der Waals surface area contributed by atoms with Gasteiger partial charge in [0.15, 0.2) is 0 Å². The van der Waals surface area contributed by atoms with E-state index in [9.17, 15) is 9.59 Å². The van der Waals surface area contributed by atoms with Gasteiger partial charge in [0.1, 0.15) is 12.6 Å². The molecule has 0 saturated heterocycles. The molecule has 0 fully saturated rings. The second kappa shape index (κ2) is 24.4. The van der Waals surface area contributed by atoms with Crippen molar-refractivity contribution in [1.82, 2.24) is 0 Å². The van der Waals surface area contributed by atoms with Crippen molar-refractivity contribution in [3.63, 3.8) is 0 Å². The van der Waals surface area contributed by atoms with Crippen molar-refractivity contribution in [3.05, 3.63) is 0 Å². The first-order valence-electron chi connectivity index (χ1n) is 9.20. The van der Waals surface area contributed by atoms with Gasteiger partial charge in [-0.1, -0.05) is 84.5 Å². The summed E-state index contributed by atoms with van der Waals surface area (Å²) in [6, 6.07) is 0. The Morgan fingerprint density at radius 3 is 1.10 bits per heavy atom. The number of hydrogen-bond acceptors (Lipinski definition) is 2. The Morgan fingerprint density at radius 1 is 0.476 bits per heavy atom. The molecule has 2 heteroatoms. The van der Waals surface area contributed by atoms with Gasteiger partial charge in [0, 0.05) is 12.8 Å². The van der Waals surface area contributed by atoms with Gasteiger partial charge in [-0.15, -0.1) is 0 Å². The SMILES string of the molecule is CCCCCCC=O.CCCCCCCCCCCC=O.